The van der Waals surface area contributed by atoms with Crippen LogP contribution in [0.2, 0.25) is 15.3 Å². The number of pyridine rings is 1. The Morgan fingerprint density at radius 3 is 2.54 bits per heavy atom. The highest BCUT2D eigenvalue weighted by Crippen LogP contribution is 2.36. The van der Waals surface area contributed by atoms with Crippen molar-refractivity contribution in [3.05, 3.63) is 69.7 Å². The molecule has 122 valence electrons. The van der Waals surface area contributed by atoms with E-state index in [-0.39, 0.29) is 16.2 Å². The van der Waals surface area contributed by atoms with E-state index in [1.807, 2.05) is 30.3 Å². The number of nitrogens with zero attached hydrogens (tertiary/aromatic N) is 3. The van der Waals surface area contributed by atoms with Gasteiger partial charge in [0.15, 0.2) is 5.15 Å². The molecule has 0 amide bonds. The Bertz CT molecular complexity index is 849. The van der Waals surface area contributed by atoms with Crippen LogP contribution in [0.3, 0.4) is 0 Å². The maximum Gasteiger partial charge on any atom is 0.253 e. The molecule has 3 rings (SSSR count). The van der Waals surface area contributed by atoms with E-state index >= 15 is 0 Å². The van der Waals surface area contributed by atoms with Gasteiger partial charge in [-0.3, -0.25) is 0 Å². The molecule has 0 aliphatic rings. The quantitative estimate of drug-likeness (QED) is 0.526. The number of benzene rings is 1. The van der Waals surface area contributed by atoms with Gasteiger partial charge < -0.3 is 4.74 Å². The monoisotopic (exact) mass is 397 g/mol. The summed E-state index contributed by atoms with van der Waals surface area (Å²) in [5, 5.41) is 1.40. The lowest BCUT2D eigenvalue weighted by Gasteiger charge is -2.09. The highest BCUT2D eigenvalue weighted by Gasteiger charge is 2.12. The molecule has 0 atom stereocenters. The molecule has 0 saturated carbocycles. The summed E-state index contributed by atoms with van der Waals surface area (Å²) in [6.45, 7) is 0.352. The summed E-state index contributed by atoms with van der Waals surface area (Å²) >= 11 is 19.4. The molecule has 0 bridgehead atoms. The first-order valence-corrected chi connectivity index (χ1v) is 8.75. The van der Waals surface area contributed by atoms with E-state index in [1.165, 1.54) is 11.8 Å². The molecule has 0 saturated heterocycles. The summed E-state index contributed by atoms with van der Waals surface area (Å²) in [7, 11) is 0. The molecule has 2 aromatic heterocycles. The number of rotatable bonds is 5. The molecule has 4 nitrogen and oxygen atoms in total. The van der Waals surface area contributed by atoms with Gasteiger partial charge in [0.1, 0.15) is 16.8 Å². The van der Waals surface area contributed by atoms with Crippen LogP contribution in [-0.2, 0) is 6.61 Å². The van der Waals surface area contributed by atoms with Gasteiger partial charge in [-0.2, -0.15) is 0 Å². The van der Waals surface area contributed by atoms with Crippen LogP contribution in [0.1, 0.15) is 5.56 Å². The third kappa shape index (κ3) is 4.30. The topological polar surface area (TPSA) is 47.9 Å². The Labute approximate surface area is 158 Å². The SMILES string of the molecule is Clc1ncc(Sc2ccnc(Cl)c2Cl)nc1OCc1ccccc1. The van der Waals surface area contributed by atoms with Crippen molar-refractivity contribution in [3.8, 4) is 5.88 Å². The van der Waals surface area contributed by atoms with Gasteiger partial charge >= 0.3 is 0 Å². The van der Waals surface area contributed by atoms with Gasteiger partial charge in [-0.15, -0.1) is 0 Å². The highest BCUT2D eigenvalue weighted by molar-refractivity contribution is 7.99. The van der Waals surface area contributed by atoms with E-state index in [0.717, 1.165) is 10.5 Å². The first-order chi connectivity index (χ1) is 11.6. The summed E-state index contributed by atoms with van der Waals surface area (Å²) in [4.78, 5) is 13.1. The van der Waals surface area contributed by atoms with Crippen LogP contribution in [0.4, 0.5) is 0 Å². The largest absolute Gasteiger partial charge is 0.471 e. The average molecular weight is 399 g/mol. The average Bonchev–Trinajstić information content (AvgIpc) is 2.60. The zero-order chi connectivity index (χ0) is 16.9. The van der Waals surface area contributed by atoms with Crippen molar-refractivity contribution in [1.82, 2.24) is 15.0 Å². The van der Waals surface area contributed by atoms with Crippen molar-refractivity contribution >= 4 is 46.6 Å². The fourth-order valence-corrected chi connectivity index (χ4v) is 3.16. The van der Waals surface area contributed by atoms with Crippen LogP contribution in [-0.4, -0.2) is 15.0 Å². The van der Waals surface area contributed by atoms with E-state index in [4.69, 9.17) is 39.5 Å². The lowest BCUT2D eigenvalue weighted by atomic mass is 10.2. The molecule has 0 aliphatic heterocycles. The van der Waals surface area contributed by atoms with Crippen LogP contribution < -0.4 is 4.74 Å². The lowest BCUT2D eigenvalue weighted by Crippen LogP contribution is -1.99. The molecule has 0 unspecified atom stereocenters. The highest BCUT2D eigenvalue weighted by atomic mass is 35.5. The molecular formula is C16H10Cl3N3OS. The van der Waals surface area contributed by atoms with Crippen LogP contribution >= 0.6 is 46.6 Å². The zero-order valence-corrected chi connectivity index (χ0v) is 15.2. The van der Waals surface area contributed by atoms with Gasteiger partial charge in [0.2, 0.25) is 0 Å². The third-order valence-electron chi connectivity index (χ3n) is 2.92. The van der Waals surface area contributed by atoms with E-state index in [1.54, 1.807) is 18.5 Å². The fraction of sp³-hybridized carbons (Fsp3) is 0.0625. The zero-order valence-electron chi connectivity index (χ0n) is 12.1. The molecule has 0 N–H and O–H groups in total. The molecule has 3 aromatic rings. The third-order valence-corrected chi connectivity index (χ3v) is 5.02. The number of aromatic nitrogens is 3. The van der Waals surface area contributed by atoms with Crippen LogP contribution in [0.15, 0.2) is 58.7 Å². The van der Waals surface area contributed by atoms with Crippen molar-refractivity contribution in [2.75, 3.05) is 0 Å². The molecule has 24 heavy (non-hydrogen) atoms. The van der Waals surface area contributed by atoms with E-state index in [2.05, 4.69) is 15.0 Å². The summed E-state index contributed by atoms with van der Waals surface area (Å²) in [6.07, 6.45) is 3.12. The van der Waals surface area contributed by atoms with E-state index < -0.39 is 0 Å². The van der Waals surface area contributed by atoms with Gasteiger partial charge in [0, 0.05) is 11.1 Å². The van der Waals surface area contributed by atoms with Crippen molar-refractivity contribution in [3.63, 3.8) is 0 Å². The Morgan fingerprint density at radius 2 is 1.75 bits per heavy atom. The first-order valence-electron chi connectivity index (χ1n) is 6.80. The Morgan fingerprint density at radius 1 is 0.958 bits per heavy atom. The number of hydrogen-bond acceptors (Lipinski definition) is 5. The summed E-state index contributed by atoms with van der Waals surface area (Å²) in [6, 6.07) is 11.5. The summed E-state index contributed by atoms with van der Waals surface area (Å²) in [5.41, 5.74) is 1.01. The molecule has 0 spiro atoms. The number of hydrogen-bond donors (Lipinski definition) is 0. The van der Waals surface area contributed by atoms with Gasteiger partial charge in [-0.05, 0) is 11.6 Å². The summed E-state index contributed by atoms with van der Waals surface area (Å²) < 4.78 is 5.66. The van der Waals surface area contributed by atoms with Gasteiger partial charge in [-0.25, -0.2) is 15.0 Å². The Hall–Kier alpha value is -1.53. The van der Waals surface area contributed by atoms with Crippen molar-refractivity contribution in [1.29, 1.82) is 0 Å². The van der Waals surface area contributed by atoms with E-state index in [0.29, 0.717) is 16.7 Å². The van der Waals surface area contributed by atoms with Crippen LogP contribution in [0.25, 0.3) is 0 Å². The van der Waals surface area contributed by atoms with Gasteiger partial charge in [0.05, 0.1) is 11.2 Å². The van der Waals surface area contributed by atoms with E-state index in [9.17, 15) is 0 Å². The van der Waals surface area contributed by atoms with Crippen molar-refractivity contribution in [2.24, 2.45) is 0 Å². The minimum Gasteiger partial charge on any atom is -0.471 e. The summed E-state index contributed by atoms with van der Waals surface area (Å²) in [5.74, 6) is 0.266. The molecule has 8 heteroatoms. The molecule has 1 aromatic carbocycles. The minimum absolute atomic E-state index is 0.203. The second-order valence-corrected chi connectivity index (χ2v) is 6.75. The Balaban J connectivity index is 1.77. The lowest BCUT2D eigenvalue weighted by molar-refractivity contribution is 0.290. The van der Waals surface area contributed by atoms with Crippen molar-refractivity contribution < 1.29 is 4.74 Å². The van der Waals surface area contributed by atoms with Crippen LogP contribution in [0.5, 0.6) is 5.88 Å². The second kappa shape index (κ2) is 8.03. The maximum atomic E-state index is 6.13. The fourth-order valence-electron chi connectivity index (χ4n) is 1.80. The maximum absolute atomic E-state index is 6.13. The first kappa shape index (κ1) is 17.3. The van der Waals surface area contributed by atoms with Crippen LogP contribution in [0, 0.1) is 0 Å². The predicted molar refractivity (Wildman–Crippen MR) is 96.2 cm³/mol. The van der Waals surface area contributed by atoms with Gasteiger partial charge in [-0.1, -0.05) is 76.9 Å². The standard InChI is InChI=1S/C16H10Cl3N3OS/c17-13-11(6-7-20-14(13)18)24-12-8-21-15(19)16(22-12)23-9-10-4-2-1-3-5-10/h1-8H,9H2. The number of ether oxygens (including phenoxy) is 1. The molecule has 2 heterocycles. The molecule has 0 aliphatic carbocycles. The predicted octanol–water partition coefficient (Wildman–Crippen LogP) is 5.56. The number of halogens is 3. The Kier molecular flexibility index (Phi) is 5.79. The molecule has 0 radical (unpaired) electrons. The smallest absolute Gasteiger partial charge is 0.253 e. The van der Waals surface area contributed by atoms with Gasteiger partial charge in [0.25, 0.3) is 5.88 Å². The minimum atomic E-state index is 0.203. The molecule has 0 fully saturated rings. The second-order valence-electron chi connectivity index (χ2n) is 4.59. The normalized spacial score (nSPS) is 10.6. The molecular weight excluding hydrogens is 389 g/mol. The van der Waals surface area contributed by atoms with Crippen molar-refractivity contribution in [2.45, 2.75) is 16.5 Å².